The van der Waals surface area contributed by atoms with E-state index in [0.717, 1.165) is 23.0 Å². The van der Waals surface area contributed by atoms with Gasteiger partial charge in [0.15, 0.2) is 5.96 Å². The van der Waals surface area contributed by atoms with Gasteiger partial charge < -0.3 is 15.0 Å². The van der Waals surface area contributed by atoms with Gasteiger partial charge in [0.25, 0.3) is 0 Å². The van der Waals surface area contributed by atoms with Crippen LogP contribution in [0.3, 0.4) is 0 Å². The van der Waals surface area contributed by atoms with Crippen LogP contribution in [0, 0.1) is 6.92 Å². The fraction of sp³-hybridized carbons (Fsp3) is 0.333. The number of pyridine rings is 1. The highest BCUT2D eigenvalue weighted by Crippen LogP contribution is 2.18. The molecule has 0 fully saturated rings. The van der Waals surface area contributed by atoms with E-state index in [-0.39, 0.29) is 24.0 Å². The van der Waals surface area contributed by atoms with Gasteiger partial charge >= 0.3 is 0 Å². The van der Waals surface area contributed by atoms with Gasteiger partial charge in [-0.2, -0.15) is 0 Å². The van der Waals surface area contributed by atoms with Crippen molar-refractivity contribution in [2.24, 2.45) is 4.99 Å². The molecule has 1 aromatic carbocycles. The zero-order valence-corrected chi connectivity index (χ0v) is 16.9. The van der Waals surface area contributed by atoms with Crippen molar-refractivity contribution in [3.8, 4) is 5.75 Å². The minimum Gasteiger partial charge on any atom is -0.496 e. The summed E-state index contributed by atoms with van der Waals surface area (Å²) in [6, 6.07) is 12.0. The fourth-order valence-corrected chi connectivity index (χ4v) is 2.41. The van der Waals surface area contributed by atoms with Crippen molar-refractivity contribution in [2.75, 3.05) is 21.2 Å². The number of para-hydroxylation sites is 1. The van der Waals surface area contributed by atoms with Gasteiger partial charge in [0.05, 0.1) is 19.3 Å². The number of aryl methyl sites for hydroxylation is 1. The standard InChI is InChI=1S/C18H24N4O.HI/c1-14-8-7-11-20-16(14)12-21-18(19-2)22(3)13-15-9-5-6-10-17(15)23-4;/h5-11H,12-13H2,1-4H3,(H,19,21);1H. The van der Waals surface area contributed by atoms with E-state index in [4.69, 9.17) is 4.74 Å². The molecule has 0 spiro atoms. The normalized spacial score (nSPS) is 10.8. The van der Waals surface area contributed by atoms with Crippen LogP contribution >= 0.6 is 24.0 Å². The second kappa shape index (κ2) is 10.1. The summed E-state index contributed by atoms with van der Waals surface area (Å²) in [4.78, 5) is 10.8. The molecule has 5 nitrogen and oxygen atoms in total. The van der Waals surface area contributed by atoms with Crippen LogP contribution < -0.4 is 10.1 Å². The zero-order chi connectivity index (χ0) is 16.7. The lowest BCUT2D eigenvalue weighted by Gasteiger charge is -2.23. The molecular formula is C18H25IN4O. The Hall–Kier alpha value is -1.83. The molecule has 6 heteroatoms. The molecule has 130 valence electrons. The van der Waals surface area contributed by atoms with Crippen molar-refractivity contribution in [3.63, 3.8) is 0 Å². The molecule has 1 aromatic heterocycles. The topological polar surface area (TPSA) is 49.8 Å². The summed E-state index contributed by atoms with van der Waals surface area (Å²) < 4.78 is 5.41. The quantitative estimate of drug-likeness (QED) is 0.441. The lowest BCUT2D eigenvalue weighted by molar-refractivity contribution is 0.396. The van der Waals surface area contributed by atoms with Crippen molar-refractivity contribution in [1.29, 1.82) is 0 Å². The predicted molar refractivity (Wildman–Crippen MR) is 109 cm³/mol. The number of benzene rings is 1. The van der Waals surface area contributed by atoms with Crippen molar-refractivity contribution < 1.29 is 4.74 Å². The van der Waals surface area contributed by atoms with Crippen LogP contribution in [-0.2, 0) is 13.1 Å². The first kappa shape index (κ1) is 20.2. The van der Waals surface area contributed by atoms with Gasteiger partial charge in [-0.05, 0) is 24.6 Å². The molecule has 0 bridgehead atoms. The average Bonchev–Trinajstić information content (AvgIpc) is 2.57. The Kier molecular flexibility index (Phi) is 8.53. The van der Waals surface area contributed by atoms with Gasteiger partial charge in [-0.3, -0.25) is 9.98 Å². The van der Waals surface area contributed by atoms with Gasteiger partial charge in [-0.15, -0.1) is 24.0 Å². The summed E-state index contributed by atoms with van der Waals surface area (Å²) >= 11 is 0. The SMILES string of the molecule is CN=C(NCc1ncccc1C)N(C)Cc1ccccc1OC.I. The largest absolute Gasteiger partial charge is 0.496 e. The third-order valence-electron chi connectivity index (χ3n) is 3.71. The molecule has 2 aromatic rings. The summed E-state index contributed by atoms with van der Waals surface area (Å²) in [5, 5.41) is 3.36. The molecule has 0 aliphatic heterocycles. The van der Waals surface area contributed by atoms with Crippen LogP contribution in [0.15, 0.2) is 47.6 Å². The number of rotatable bonds is 5. The number of aliphatic imine (C=N–C) groups is 1. The summed E-state index contributed by atoms with van der Waals surface area (Å²) in [6.45, 7) is 3.42. The van der Waals surface area contributed by atoms with Gasteiger partial charge in [-0.25, -0.2) is 0 Å². The number of halogens is 1. The Morgan fingerprint density at radius 1 is 1.25 bits per heavy atom. The van der Waals surface area contributed by atoms with E-state index in [1.54, 1.807) is 14.2 Å². The summed E-state index contributed by atoms with van der Waals surface area (Å²) in [7, 11) is 5.48. The van der Waals surface area contributed by atoms with E-state index < -0.39 is 0 Å². The number of guanidine groups is 1. The Balaban J connectivity index is 0.00000288. The predicted octanol–water partition coefficient (Wildman–Crippen LogP) is 3.22. The van der Waals surface area contributed by atoms with Crippen LogP contribution in [0.2, 0.25) is 0 Å². The van der Waals surface area contributed by atoms with E-state index >= 15 is 0 Å². The molecule has 24 heavy (non-hydrogen) atoms. The molecule has 1 heterocycles. The van der Waals surface area contributed by atoms with E-state index in [2.05, 4.69) is 39.2 Å². The molecule has 0 aliphatic carbocycles. The number of aromatic nitrogens is 1. The number of ether oxygens (including phenoxy) is 1. The van der Waals surface area contributed by atoms with E-state index in [1.807, 2.05) is 37.5 Å². The highest BCUT2D eigenvalue weighted by molar-refractivity contribution is 14.0. The number of methoxy groups -OCH3 is 1. The maximum absolute atomic E-state index is 5.41. The first-order valence-electron chi connectivity index (χ1n) is 7.60. The minimum absolute atomic E-state index is 0. The highest BCUT2D eigenvalue weighted by Gasteiger charge is 2.10. The monoisotopic (exact) mass is 440 g/mol. The van der Waals surface area contributed by atoms with Crippen LogP contribution in [0.4, 0.5) is 0 Å². The van der Waals surface area contributed by atoms with Crippen LogP contribution in [0.1, 0.15) is 16.8 Å². The molecule has 0 amide bonds. The lowest BCUT2D eigenvalue weighted by atomic mass is 10.2. The molecule has 0 unspecified atom stereocenters. The van der Waals surface area contributed by atoms with Gasteiger partial charge in [0.1, 0.15) is 5.75 Å². The third kappa shape index (κ3) is 5.36. The molecule has 0 saturated heterocycles. The summed E-state index contributed by atoms with van der Waals surface area (Å²) in [5.74, 6) is 1.70. The van der Waals surface area contributed by atoms with E-state index in [0.29, 0.717) is 13.1 Å². The Morgan fingerprint density at radius 3 is 2.67 bits per heavy atom. The molecule has 0 aliphatic rings. The van der Waals surface area contributed by atoms with Gasteiger partial charge in [0.2, 0.25) is 0 Å². The maximum atomic E-state index is 5.41. The average molecular weight is 440 g/mol. The second-order valence-corrected chi connectivity index (χ2v) is 5.34. The number of nitrogens with one attached hydrogen (secondary N) is 1. The molecule has 2 rings (SSSR count). The van der Waals surface area contributed by atoms with Crippen LogP contribution in [0.25, 0.3) is 0 Å². The Labute approximate surface area is 161 Å². The second-order valence-electron chi connectivity index (χ2n) is 5.34. The molecule has 1 N–H and O–H groups in total. The van der Waals surface area contributed by atoms with Gasteiger partial charge in [0, 0.05) is 32.4 Å². The smallest absolute Gasteiger partial charge is 0.194 e. The Morgan fingerprint density at radius 2 is 2.00 bits per heavy atom. The first-order chi connectivity index (χ1) is 11.2. The Bertz CT molecular complexity index is 676. The third-order valence-corrected chi connectivity index (χ3v) is 3.71. The fourth-order valence-electron chi connectivity index (χ4n) is 2.41. The maximum Gasteiger partial charge on any atom is 0.194 e. The van der Waals surface area contributed by atoms with Crippen molar-refractivity contribution in [3.05, 3.63) is 59.4 Å². The van der Waals surface area contributed by atoms with Crippen molar-refractivity contribution in [2.45, 2.75) is 20.0 Å². The van der Waals surface area contributed by atoms with E-state index in [9.17, 15) is 0 Å². The molecule has 0 atom stereocenters. The first-order valence-corrected chi connectivity index (χ1v) is 7.60. The van der Waals surface area contributed by atoms with Crippen LogP contribution in [-0.4, -0.2) is 37.0 Å². The highest BCUT2D eigenvalue weighted by atomic mass is 127. The number of nitrogens with zero attached hydrogens (tertiary/aromatic N) is 3. The number of hydrogen-bond donors (Lipinski definition) is 1. The molecule has 0 radical (unpaired) electrons. The summed E-state index contributed by atoms with van der Waals surface area (Å²) in [5.41, 5.74) is 3.32. The van der Waals surface area contributed by atoms with E-state index in [1.165, 1.54) is 5.56 Å². The van der Waals surface area contributed by atoms with Crippen molar-refractivity contribution in [1.82, 2.24) is 15.2 Å². The van der Waals surface area contributed by atoms with Crippen LogP contribution in [0.5, 0.6) is 5.75 Å². The lowest BCUT2D eigenvalue weighted by Crippen LogP contribution is -2.38. The molecular weight excluding hydrogens is 415 g/mol. The molecule has 0 saturated carbocycles. The zero-order valence-electron chi connectivity index (χ0n) is 14.6. The van der Waals surface area contributed by atoms with Gasteiger partial charge in [-0.1, -0.05) is 24.3 Å². The number of hydrogen-bond acceptors (Lipinski definition) is 3. The minimum atomic E-state index is 0. The summed E-state index contributed by atoms with van der Waals surface area (Å²) in [6.07, 6.45) is 1.81. The van der Waals surface area contributed by atoms with Crippen molar-refractivity contribution >= 4 is 29.9 Å².